The number of alkyl carbamates (subject to hydrolysis) is 1. The van der Waals surface area contributed by atoms with Crippen LogP contribution in [0.2, 0.25) is 0 Å². The molecule has 23 heavy (non-hydrogen) atoms. The van der Waals surface area contributed by atoms with Crippen molar-refractivity contribution in [1.82, 2.24) is 5.32 Å². The van der Waals surface area contributed by atoms with Crippen molar-refractivity contribution < 1.29 is 24.2 Å². The van der Waals surface area contributed by atoms with Crippen molar-refractivity contribution in [2.45, 2.75) is 71.1 Å². The predicted molar refractivity (Wildman–Crippen MR) is 83.0 cm³/mol. The van der Waals surface area contributed by atoms with Crippen molar-refractivity contribution >= 4 is 12.1 Å². The molecule has 1 aliphatic heterocycles. The van der Waals surface area contributed by atoms with E-state index in [2.05, 4.69) is 19.2 Å². The van der Waals surface area contributed by atoms with Gasteiger partial charge in [-0.05, 0) is 46.0 Å². The molecule has 0 aromatic carbocycles. The number of aliphatic carboxylic acids is 1. The van der Waals surface area contributed by atoms with Crippen LogP contribution in [0.25, 0.3) is 0 Å². The number of rotatable bonds is 3. The van der Waals surface area contributed by atoms with E-state index < -0.39 is 29.3 Å². The first-order valence-corrected chi connectivity index (χ1v) is 8.31. The van der Waals surface area contributed by atoms with Crippen molar-refractivity contribution in [2.75, 3.05) is 6.61 Å². The van der Waals surface area contributed by atoms with Crippen LogP contribution in [0.4, 0.5) is 4.79 Å². The van der Waals surface area contributed by atoms with Crippen LogP contribution in [-0.4, -0.2) is 41.0 Å². The fourth-order valence-electron chi connectivity index (χ4n) is 5.23. The normalized spacial score (nSPS) is 42.6. The molecule has 3 fully saturated rings. The summed E-state index contributed by atoms with van der Waals surface area (Å²) in [4.78, 5) is 24.1. The van der Waals surface area contributed by atoms with Crippen molar-refractivity contribution in [3.63, 3.8) is 0 Å². The Morgan fingerprint density at radius 2 is 2.00 bits per heavy atom. The van der Waals surface area contributed by atoms with Gasteiger partial charge < -0.3 is 19.9 Å². The van der Waals surface area contributed by atoms with Gasteiger partial charge in [-0.15, -0.1) is 0 Å². The Morgan fingerprint density at radius 3 is 2.48 bits per heavy atom. The Morgan fingerprint density at radius 1 is 1.35 bits per heavy atom. The molecular weight excluding hydrogens is 298 g/mol. The average molecular weight is 325 g/mol. The minimum atomic E-state index is -1.09. The van der Waals surface area contributed by atoms with Crippen LogP contribution in [0.3, 0.4) is 0 Å². The van der Waals surface area contributed by atoms with Crippen LogP contribution in [0, 0.1) is 16.7 Å². The van der Waals surface area contributed by atoms with E-state index in [1.807, 2.05) is 0 Å². The average Bonchev–Trinajstić information content (AvgIpc) is 2.85. The first-order chi connectivity index (χ1) is 10.5. The van der Waals surface area contributed by atoms with Gasteiger partial charge in [0.15, 0.2) is 6.04 Å². The van der Waals surface area contributed by atoms with Crippen LogP contribution in [0.15, 0.2) is 0 Å². The van der Waals surface area contributed by atoms with E-state index in [9.17, 15) is 14.7 Å². The third-order valence-corrected chi connectivity index (χ3v) is 6.64. The first-order valence-electron chi connectivity index (χ1n) is 8.31. The Labute approximate surface area is 136 Å². The van der Waals surface area contributed by atoms with E-state index in [1.165, 1.54) is 0 Å². The van der Waals surface area contributed by atoms with Gasteiger partial charge in [-0.2, -0.15) is 0 Å². The lowest BCUT2D eigenvalue weighted by molar-refractivity contribution is -0.159. The number of hydrogen-bond donors (Lipinski definition) is 2. The summed E-state index contributed by atoms with van der Waals surface area (Å²) in [5, 5.41) is 12.3. The zero-order valence-electron chi connectivity index (χ0n) is 14.6. The van der Waals surface area contributed by atoms with Gasteiger partial charge in [-0.3, -0.25) is 0 Å². The van der Waals surface area contributed by atoms with Crippen LogP contribution >= 0.6 is 0 Å². The van der Waals surface area contributed by atoms with Crippen molar-refractivity contribution in [1.29, 1.82) is 0 Å². The number of carbonyl (C=O) groups is 2. The van der Waals surface area contributed by atoms with E-state index in [4.69, 9.17) is 9.47 Å². The molecule has 1 heterocycles. The fraction of sp³-hybridized carbons (Fsp3) is 0.882. The molecule has 6 heteroatoms. The molecule has 0 radical (unpaired) electrons. The monoisotopic (exact) mass is 325 g/mol. The highest BCUT2D eigenvalue weighted by Gasteiger charge is 2.78. The molecule has 3 aliphatic rings. The second-order valence-electron chi connectivity index (χ2n) is 8.78. The fourth-order valence-corrected chi connectivity index (χ4v) is 5.23. The van der Waals surface area contributed by atoms with Crippen molar-refractivity contribution in [2.24, 2.45) is 16.7 Å². The summed E-state index contributed by atoms with van der Waals surface area (Å²) in [6.45, 7) is 10.1. The minimum absolute atomic E-state index is 0.00366. The summed E-state index contributed by atoms with van der Waals surface area (Å²) < 4.78 is 11.3. The van der Waals surface area contributed by atoms with Gasteiger partial charge in [-0.1, -0.05) is 13.8 Å². The van der Waals surface area contributed by atoms with Gasteiger partial charge in [-0.25, -0.2) is 9.59 Å². The summed E-state index contributed by atoms with van der Waals surface area (Å²) in [6.07, 6.45) is 2.03. The van der Waals surface area contributed by atoms with Gasteiger partial charge >= 0.3 is 12.1 Å². The summed E-state index contributed by atoms with van der Waals surface area (Å²) in [6, 6.07) is -1.09. The Hall–Kier alpha value is -1.30. The molecule has 0 aromatic heterocycles. The molecule has 2 N–H and O–H groups in total. The highest BCUT2D eigenvalue weighted by molar-refractivity contribution is 5.82. The first kappa shape index (κ1) is 16.6. The highest BCUT2D eigenvalue weighted by Crippen LogP contribution is 2.75. The molecule has 3 rings (SSSR count). The maximum absolute atomic E-state index is 12.1. The number of hydrogen-bond acceptors (Lipinski definition) is 4. The standard InChI is InChI=1S/C17H27NO5/c1-14(2,3)23-13(21)18-11(12(19)20)17-8-10-6-7-16(17,5)15(10,4)9-22-17/h10-11H,6-9H2,1-5H3,(H,18,21)(H,19,20)/t10-,11+,15+,16-,17+/m1/s1. The number of carboxylic acid groups (broad SMARTS) is 1. The van der Waals surface area contributed by atoms with Crippen LogP contribution in [-0.2, 0) is 14.3 Å². The SMILES string of the molecule is CC(C)(C)OC(=O)N[C@@H](C(=O)O)[C@@]12C[C@H]3CC[C@]1(C)[C@@]3(C)CO2. The lowest BCUT2D eigenvalue weighted by Crippen LogP contribution is -2.63. The van der Waals surface area contributed by atoms with Crippen LogP contribution < -0.4 is 5.32 Å². The molecule has 2 aliphatic carbocycles. The topological polar surface area (TPSA) is 84.9 Å². The summed E-state index contributed by atoms with van der Waals surface area (Å²) >= 11 is 0. The number of nitrogens with one attached hydrogen (secondary N) is 1. The van der Waals surface area contributed by atoms with E-state index in [0.29, 0.717) is 18.9 Å². The number of carbonyl (C=O) groups excluding carboxylic acids is 1. The Kier molecular flexibility index (Phi) is 3.33. The molecule has 1 amide bonds. The summed E-state index contributed by atoms with van der Waals surface area (Å²) in [7, 11) is 0. The van der Waals surface area contributed by atoms with Gasteiger partial charge in [0.2, 0.25) is 0 Å². The van der Waals surface area contributed by atoms with Crippen molar-refractivity contribution in [3.05, 3.63) is 0 Å². The minimum Gasteiger partial charge on any atom is -0.480 e. The van der Waals surface area contributed by atoms with E-state index in [0.717, 1.165) is 12.8 Å². The van der Waals surface area contributed by atoms with Crippen LogP contribution in [0.1, 0.15) is 53.9 Å². The van der Waals surface area contributed by atoms with E-state index >= 15 is 0 Å². The lowest BCUT2D eigenvalue weighted by atomic mass is 9.64. The molecule has 5 atom stereocenters. The van der Waals surface area contributed by atoms with Crippen molar-refractivity contribution in [3.8, 4) is 0 Å². The molecule has 4 bridgehead atoms. The van der Waals surface area contributed by atoms with E-state index in [-0.39, 0.29) is 10.8 Å². The second kappa shape index (κ2) is 4.62. The zero-order chi connectivity index (χ0) is 17.3. The zero-order valence-corrected chi connectivity index (χ0v) is 14.6. The number of amides is 1. The lowest BCUT2D eigenvalue weighted by Gasteiger charge is -2.45. The van der Waals surface area contributed by atoms with Gasteiger partial charge in [0, 0.05) is 10.8 Å². The number of ether oxygens (including phenoxy) is 2. The number of carboxylic acids is 1. The molecule has 0 aromatic rings. The molecule has 0 unspecified atom stereocenters. The Balaban J connectivity index is 1.89. The summed E-state index contributed by atoms with van der Waals surface area (Å²) in [5.41, 5.74) is -1.75. The van der Waals surface area contributed by atoms with Crippen LogP contribution in [0.5, 0.6) is 0 Å². The molecule has 2 saturated carbocycles. The third-order valence-electron chi connectivity index (χ3n) is 6.64. The smallest absolute Gasteiger partial charge is 0.408 e. The molecular formula is C17H27NO5. The molecule has 130 valence electrons. The van der Waals surface area contributed by atoms with Gasteiger partial charge in [0.05, 0.1) is 6.61 Å². The largest absolute Gasteiger partial charge is 0.480 e. The molecule has 6 nitrogen and oxygen atoms in total. The third kappa shape index (κ3) is 2.03. The molecule has 0 spiro atoms. The maximum atomic E-state index is 12.1. The second-order valence-corrected chi connectivity index (χ2v) is 8.78. The highest BCUT2D eigenvalue weighted by atomic mass is 16.6. The van der Waals surface area contributed by atoms with Gasteiger partial charge in [0.1, 0.15) is 11.2 Å². The quantitative estimate of drug-likeness (QED) is 0.833. The molecule has 1 saturated heterocycles. The van der Waals surface area contributed by atoms with E-state index in [1.54, 1.807) is 20.8 Å². The predicted octanol–water partition coefficient (Wildman–Crippen LogP) is 2.56. The summed E-state index contributed by atoms with van der Waals surface area (Å²) in [5.74, 6) is -0.600. The Bertz CT molecular complexity index is 556. The van der Waals surface area contributed by atoms with Gasteiger partial charge in [0.25, 0.3) is 0 Å². The maximum Gasteiger partial charge on any atom is 0.408 e.